The van der Waals surface area contributed by atoms with E-state index < -0.39 is 0 Å². The smallest absolute Gasteiger partial charge is 0.250 e. The number of amides is 1. The Labute approximate surface area is 142 Å². The van der Waals surface area contributed by atoms with Gasteiger partial charge in [0.05, 0.1) is 0 Å². The Morgan fingerprint density at radius 2 is 1.61 bits per heavy atom. The number of thiocarbonyl (C=S) groups is 1. The SMILES string of the molecule is Cc1ccc(C=CC(=O)NC(=S)Nc2c(C)cccc2C)cc1. The van der Waals surface area contributed by atoms with E-state index in [1.165, 1.54) is 11.6 Å². The van der Waals surface area contributed by atoms with Crippen molar-refractivity contribution in [2.45, 2.75) is 20.8 Å². The van der Waals surface area contributed by atoms with Crippen molar-refractivity contribution < 1.29 is 4.79 Å². The van der Waals surface area contributed by atoms with Gasteiger partial charge in [0.1, 0.15) is 0 Å². The van der Waals surface area contributed by atoms with Gasteiger partial charge in [-0.1, -0.05) is 48.0 Å². The van der Waals surface area contributed by atoms with Crippen molar-refractivity contribution in [3.63, 3.8) is 0 Å². The number of carbonyl (C=O) groups excluding carboxylic acids is 1. The first-order valence-electron chi connectivity index (χ1n) is 7.38. The average Bonchev–Trinajstić information content (AvgIpc) is 2.50. The molecule has 2 rings (SSSR count). The molecule has 0 bridgehead atoms. The van der Waals surface area contributed by atoms with E-state index in [0.717, 1.165) is 22.4 Å². The minimum Gasteiger partial charge on any atom is -0.332 e. The van der Waals surface area contributed by atoms with Crippen molar-refractivity contribution in [1.29, 1.82) is 0 Å². The zero-order valence-electron chi connectivity index (χ0n) is 13.5. The molecule has 0 spiro atoms. The predicted octanol–water partition coefficient (Wildman–Crippen LogP) is 4.14. The molecule has 4 heteroatoms. The van der Waals surface area contributed by atoms with Crippen molar-refractivity contribution in [3.05, 3.63) is 70.8 Å². The summed E-state index contributed by atoms with van der Waals surface area (Å²) in [5.74, 6) is -0.255. The van der Waals surface area contributed by atoms with E-state index in [9.17, 15) is 4.79 Å². The zero-order chi connectivity index (χ0) is 16.8. The van der Waals surface area contributed by atoms with Crippen LogP contribution in [0.1, 0.15) is 22.3 Å². The average molecular weight is 324 g/mol. The van der Waals surface area contributed by atoms with Crippen LogP contribution in [0.4, 0.5) is 5.69 Å². The van der Waals surface area contributed by atoms with Crippen molar-refractivity contribution >= 4 is 35.0 Å². The first-order valence-corrected chi connectivity index (χ1v) is 7.79. The fourth-order valence-corrected chi connectivity index (χ4v) is 2.36. The summed E-state index contributed by atoms with van der Waals surface area (Å²) in [4.78, 5) is 11.9. The van der Waals surface area contributed by atoms with Gasteiger partial charge in [-0.2, -0.15) is 0 Å². The van der Waals surface area contributed by atoms with Gasteiger partial charge in [-0.15, -0.1) is 0 Å². The number of para-hydroxylation sites is 1. The molecule has 0 atom stereocenters. The summed E-state index contributed by atoms with van der Waals surface area (Å²) in [6, 6.07) is 13.9. The molecule has 2 aromatic carbocycles. The highest BCUT2D eigenvalue weighted by atomic mass is 32.1. The van der Waals surface area contributed by atoms with Gasteiger partial charge in [0.25, 0.3) is 0 Å². The molecule has 23 heavy (non-hydrogen) atoms. The fourth-order valence-electron chi connectivity index (χ4n) is 2.16. The number of hydrogen-bond donors (Lipinski definition) is 2. The maximum atomic E-state index is 11.9. The highest BCUT2D eigenvalue weighted by molar-refractivity contribution is 7.80. The molecule has 0 heterocycles. The van der Waals surface area contributed by atoms with E-state index in [-0.39, 0.29) is 5.91 Å². The van der Waals surface area contributed by atoms with Crippen LogP contribution < -0.4 is 10.6 Å². The minimum absolute atomic E-state index is 0.255. The molecule has 0 unspecified atom stereocenters. The number of carbonyl (C=O) groups is 1. The first kappa shape index (κ1) is 16.9. The van der Waals surface area contributed by atoms with E-state index in [2.05, 4.69) is 10.6 Å². The zero-order valence-corrected chi connectivity index (χ0v) is 14.3. The van der Waals surface area contributed by atoms with Crippen LogP contribution in [0.5, 0.6) is 0 Å². The number of nitrogens with one attached hydrogen (secondary N) is 2. The Bertz CT molecular complexity index is 728. The van der Waals surface area contributed by atoms with E-state index in [0.29, 0.717) is 5.11 Å². The molecule has 118 valence electrons. The third-order valence-corrected chi connectivity index (χ3v) is 3.67. The molecule has 2 aromatic rings. The van der Waals surface area contributed by atoms with Crippen LogP contribution in [0.3, 0.4) is 0 Å². The highest BCUT2D eigenvalue weighted by Gasteiger charge is 2.06. The van der Waals surface area contributed by atoms with Crippen molar-refractivity contribution in [2.24, 2.45) is 0 Å². The van der Waals surface area contributed by atoms with Crippen LogP contribution in [0.25, 0.3) is 6.08 Å². The van der Waals surface area contributed by atoms with Gasteiger partial charge in [0.15, 0.2) is 5.11 Å². The lowest BCUT2D eigenvalue weighted by Crippen LogP contribution is -2.33. The van der Waals surface area contributed by atoms with Crippen LogP contribution >= 0.6 is 12.2 Å². The number of benzene rings is 2. The van der Waals surface area contributed by atoms with Gasteiger partial charge in [0.2, 0.25) is 5.91 Å². The summed E-state index contributed by atoms with van der Waals surface area (Å²) in [6.45, 7) is 6.02. The second kappa shape index (κ2) is 7.70. The van der Waals surface area contributed by atoms with Gasteiger partial charge >= 0.3 is 0 Å². The quantitative estimate of drug-likeness (QED) is 0.658. The molecule has 2 N–H and O–H groups in total. The molecule has 0 aliphatic heterocycles. The van der Waals surface area contributed by atoms with Gasteiger partial charge in [0, 0.05) is 11.8 Å². The Morgan fingerprint density at radius 3 is 2.22 bits per heavy atom. The van der Waals surface area contributed by atoms with Crippen molar-refractivity contribution in [2.75, 3.05) is 5.32 Å². The Kier molecular flexibility index (Phi) is 5.66. The summed E-state index contributed by atoms with van der Waals surface area (Å²) < 4.78 is 0. The molecular weight excluding hydrogens is 304 g/mol. The third kappa shape index (κ3) is 5.04. The van der Waals surface area contributed by atoms with Gasteiger partial charge in [-0.05, 0) is 55.8 Å². The largest absolute Gasteiger partial charge is 0.332 e. The second-order valence-electron chi connectivity index (χ2n) is 5.45. The second-order valence-corrected chi connectivity index (χ2v) is 5.86. The van der Waals surface area contributed by atoms with Gasteiger partial charge in [-0.3, -0.25) is 10.1 Å². The molecule has 0 aliphatic rings. The molecule has 0 saturated carbocycles. The normalized spacial score (nSPS) is 10.6. The lowest BCUT2D eigenvalue weighted by Gasteiger charge is -2.13. The molecule has 3 nitrogen and oxygen atoms in total. The number of anilines is 1. The number of hydrogen-bond acceptors (Lipinski definition) is 2. The van der Waals surface area contributed by atoms with Gasteiger partial charge < -0.3 is 5.32 Å². The van der Waals surface area contributed by atoms with Gasteiger partial charge in [-0.25, -0.2) is 0 Å². The maximum Gasteiger partial charge on any atom is 0.250 e. The molecule has 1 amide bonds. The van der Waals surface area contributed by atoms with E-state index in [1.807, 2.05) is 63.2 Å². The van der Waals surface area contributed by atoms with Crippen LogP contribution in [-0.4, -0.2) is 11.0 Å². The molecule has 0 radical (unpaired) electrons. The molecular formula is C19H20N2OS. The molecule has 0 saturated heterocycles. The molecule has 0 fully saturated rings. The van der Waals surface area contributed by atoms with Crippen LogP contribution in [-0.2, 0) is 4.79 Å². The number of aryl methyl sites for hydroxylation is 3. The van der Waals surface area contributed by atoms with E-state index in [1.54, 1.807) is 6.08 Å². The topological polar surface area (TPSA) is 41.1 Å². The third-order valence-electron chi connectivity index (χ3n) is 3.46. The standard InChI is InChI=1S/C19H20N2OS/c1-13-7-9-16(10-8-13)11-12-17(22)20-19(23)21-18-14(2)5-4-6-15(18)3/h4-12H,1-3H3,(H2,20,21,22,23). The Balaban J connectivity index is 1.95. The molecule has 0 aromatic heterocycles. The summed E-state index contributed by atoms with van der Waals surface area (Å²) in [6.07, 6.45) is 3.24. The Morgan fingerprint density at radius 1 is 1.00 bits per heavy atom. The first-order chi connectivity index (χ1) is 11.0. The summed E-state index contributed by atoms with van der Waals surface area (Å²) >= 11 is 5.20. The lowest BCUT2D eigenvalue weighted by atomic mass is 10.1. The lowest BCUT2D eigenvalue weighted by molar-refractivity contribution is -0.115. The molecule has 0 aliphatic carbocycles. The highest BCUT2D eigenvalue weighted by Crippen LogP contribution is 2.19. The van der Waals surface area contributed by atoms with Crippen LogP contribution in [0, 0.1) is 20.8 Å². The Hall–Kier alpha value is -2.46. The van der Waals surface area contributed by atoms with E-state index >= 15 is 0 Å². The fraction of sp³-hybridized carbons (Fsp3) is 0.158. The summed E-state index contributed by atoms with van der Waals surface area (Å²) in [7, 11) is 0. The van der Waals surface area contributed by atoms with Crippen molar-refractivity contribution in [1.82, 2.24) is 5.32 Å². The summed E-state index contributed by atoms with van der Waals surface area (Å²) in [5.41, 5.74) is 5.25. The van der Waals surface area contributed by atoms with E-state index in [4.69, 9.17) is 12.2 Å². The van der Waals surface area contributed by atoms with Crippen LogP contribution in [0.15, 0.2) is 48.5 Å². The monoisotopic (exact) mass is 324 g/mol. The number of rotatable bonds is 3. The minimum atomic E-state index is -0.255. The predicted molar refractivity (Wildman–Crippen MR) is 100 cm³/mol. The van der Waals surface area contributed by atoms with Crippen molar-refractivity contribution in [3.8, 4) is 0 Å². The maximum absolute atomic E-state index is 11.9. The summed E-state index contributed by atoms with van der Waals surface area (Å²) in [5, 5.41) is 6.03. The van der Waals surface area contributed by atoms with Crippen LogP contribution in [0.2, 0.25) is 0 Å².